The van der Waals surface area contributed by atoms with Crippen molar-refractivity contribution in [2.24, 2.45) is 5.92 Å². The number of nitrogens with zero attached hydrogens (tertiary/aromatic N) is 1. The summed E-state index contributed by atoms with van der Waals surface area (Å²) in [5.41, 5.74) is 3.08. The summed E-state index contributed by atoms with van der Waals surface area (Å²) in [7, 11) is 0. The predicted molar refractivity (Wildman–Crippen MR) is 76.4 cm³/mol. The number of carbonyl (C=O) groups excluding carboxylic acids is 1. The minimum Gasteiger partial charge on any atom is -0.371 e. The largest absolute Gasteiger partial charge is 0.371 e. The van der Waals surface area contributed by atoms with Crippen LogP contribution in [0.1, 0.15) is 48.5 Å². The van der Waals surface area contributed by atoms with Gasteiger partial charge in [-0.25, -0.2) is 0 Å². The van der Waals surface area contributed by atoms with Crippen molar-refractivity contribution >= 4 is 12.0 Å². The Morgan fingerprint density at radius 1 is 1.33 bits per heavy atom. The van der Waals surface area contributed by atoms with E-state index >= 15 is 0 Å². The lowest BCUT2D eigenvalue weighted by Gasteiger charge is -2.27. The van der Waals surface area contributed by atoms with Crippen LogP contribution in [0.25, 0.3) is 0 Å². The molecule has 1 aliphatic rings. The molecule has 0 atom stereocenters. The maximum atomic E-state index is 11.2. The van der Waals surface area contributed by atoms with Crippen molar-refractivity contribution in [3.05, 3.63) is 29.3 Å². The summed E-state index contributed by atoms with van der Waals surface area (Å²) in [5.74, 6) is 0.811. The third-order valence-electron chi connectivity index (χ3n) is 3.99. The zero-order valence-electron chi connectivity index (χ0n) is 11.5. The Balaban J connectivity index is 2.17. The van der Waals surface area contributed by atoms with E-state index in [1.54, 1.807) is 0 Å². The molecule has 2 heteroatoms. The van der Waals surface area contributed by atoms with Crippen LogP contribution in [-0.4, -0.2) is 19.4 Å². The molecular formula is C16H23NO. The van der Waals surface area contributed by atoms with E-state index in [0.717, 1.165) is 42.1 Å². The summed E-state index contributed by atoms with van der Waals surface area (Å²) in [6.07, 6.45) is 6.42. The van der Waals surface area contributed by atoms with Crippen LogP contribution in [0.5, 0.6) is 0 Å². The van der Waals surface area contributed by atoms with Crippen molar-refractivity contribution in [2.75, 3.05) is 18.0 Å². The van der Waals surface area contributed by atoms with Gasteiger partial charge in [0.05, 0.1) is 0 Å². The Bertz CT molecular complexity index is 408. The molecule has 0 N–H and O–H groups in total. The standard InChI is InChI=1S/C16H23NO/c1-3-17(11-14-6-4-5-7-14)16-9-8-13(2)10-15(16)12-18/h8-10,12,14H,3-7,11H2,1-2H3. The molecule has 0 amide bonds. The lowest BCUT2D eigenvalue weighted by atomic mass is 10.1. The molecule has 0 aliphatic heterocycles. The van der Waals surface area contributed by atoms with E-state index in [9.17, 15) is 4.79 Å². The van der Waals surface area contributed by atoms with Crippen molar-refractivity contribution in [2.45, 2.75) is 39.5 Å². The predicted octanol–water partition coefficient (Wildman–Crippen LogP) is 3.82. The van der Waals surface area contributed by atoms with Crippen LogP contribution in [0.2, 0.25) is 0 Å². The Hall–Kier alpha value is -1.31. The van der Waals surface area contributed by atoms with Crippen LogP contribution in [0.3, 0.4) is 0 Å². The Morgan fingerprint density at radius 3 is 2.67 bits per heavy atom. The fourth-order valence-electron chi connectivity index (χ4n) is 2.96. The average Bonchev–Trinajstić information content (AvgIpc) is 2.89. The van der Waals surface area contributed by atoms with Crippen LogP contribution in [0, 0.1) is 12.8 Å². The van der Waals surface area contributed by atoms with Crippen molar-refractivity contribution in [1.82, 2.24) is 0 Å². The fraction of sp³-hybridized carbons (Fsp3) is 0.562. The van der Waals surface area contributed by atoms with E-state index in [4.69, 9.17) is 0 Å². The van der Waals surface area contributed by atoms with Gasteiger partial charge in [0, 0.05) is 24.3 Å². The number of hydrogen-bond donors (Lipinski definition) is 0. The summed E-state index contributed by atoms with van der Waals surface area (Å²) in [6, 6.07) is 6.18. The monoisotopic (exact) mass is 245 g/mol. The zero-order valence-corrected chi connectivity index (χ0v) is 11.5. The van der Waals surface area contributed by atoms with Gasteiger partial charge in [-0.3, -0.25) is 4.79 Å². The van der Waals surface area contributed by atoms with Gasteiger partial charge >= 0.3 is 0 Å². The van der Waals surface area contributed by atoms with E-state index in [2.05, 4.69) is 24.0 Å². The summed E-state index contributed by atoms with van der Waals surface area (Å²) in [6.45, 7) is 6.27. The molecule has 2 rings (SSSR count). The van der Waals surface area contributed by atoms with Gasteiger partial charge in [-0.05, 0) is 44.7 Å². The second-order valence-electron chi connectivity index (χ2n) is 5.37. The normalized spacial score (nSPS) is 15.9. The Labute approximate surface area is 110 Å². The van der Waals surface area contributed by atoms with Crippen molar-refractivity contribution in [3.8, 4) is 0 Å². The molecule has 2 nitrogen and oxygen atoms in total. The molecular weight excluding hydrogens is 222 g/mol. The second-order valence-corrected chi connectivity index (χ2v) is 5.37. The van der Waals surface area contributed by atoms with Gasteiger partial charge < -0.3 is 4.90 Å². The highest BCUT2D eigenvalue weighted by molar-refractivity contribution is 5.85. The molecule has 0 heterocycles. The SMILES string of the molecule is CCN(CC1CCCC1)c1ccc(C)cc1C=O. The first-order chi connectivity index (χ1) is 8.74. The molecule has 18 heavy (non-hydrogen) atoms. The van der Waals surface area contributed by atoms with Crippen LogP contribution < -0.4 is 4.90 Å². The lowest BCUT2D eigenvalue weighted by Crippen LogP contribution is -2.29. The number of hydrogen-bond acceptors (Lipinski definition) is 2. The highest BCUT2D eigenvalue weighted by atomic mass is 16.1. The minimum absolute atomic E-state index is 0.811. The van der Waals surface area contributed by atoms with Gasteiger partial charge in [0.1, 0.15) is 0 Å². The number of aryl methyl sites for hydroxylation is 1. The van der Waals surface area contributed by atoms with E-state index in [1.165, 1.54) is 25.7 Å². The van der Waals surface area contributed by atoms with Gasteiger partial charge in [0.15, 0.2) is 6.29 Å². The summed E-state index contributed by atoms with van der Waals surface area (Å²) < 4.78 is 0. The maximum absolute atomic E-state index is 11.2. The zero-order chi connectivity index (χ0) is 13.0. The molecule has 0 bridgehead atoms. The van der Waals surface area contributed by atoms with Gasteiger partial charge in [0.25, 0.3) is 0 Å². The van der Waals surface area contributed by atoms with Crippen LogP contribution in [0.15, 0.2) is 18.2 Å². The number of carbonyl (C=O) groups is 1. The van der Waals surface area contributed by atoms with Crippen LogP contribution in [0.4, 0.5) is 5.69 Å². The summed E-state index contributed by atoms with van der Waals surface area (Å²) >= 11 is 0. The Morgan fingerprint density at radius 2 is 2.06 bits per heavy atom. The first-order valence-corrected chi connectivity index (χ1v) is 7.05. The first-order valence-electron chi connectivity index (χ1n) is 7.05. The molecule has 1 aliphatic carbocycles. The molecule has 0 radical (unpaired) electrons. The quantitative estimate of drug-likeness (QED) is 0.735. The molecule has 1 aromatic rings. The second kappa shape index (κ2) is 6.03. The average molecular weight is 245 g/mol. The van der Waals surface area contributed by atoms with Gasteiger partial charge in [-0.1, -0.05) is 24.5 Å². The minimum atomic E-state index is 0.811. The summed E-state index contributed by atoms with van der Waals surface area (Å²) in [5, 5.41) is 0. The first kappa shape index (κ1) is 13.1. The maximum Gasteiger partial charge on any atom is 0.152 e. The van der Waals surface area contributed by atoms with Gasteiger partial charge in [0.2, 0.25) is 0 Å². The van der Waals surface area contributed by atoms with Crippen molar-refractivity contribution in [1.29, 1.82) is 0 Å². The molecule has 0 aromatic heterocycles. The Kier molecular flexibility index (Phi) is 4.40. The van der Waals surface area contributed by atoms with Gasteiger partial charge in [-0.2, -0.15) is 0 Å². The van der Waals surface area contributed by atoms with Crippen LogP contribution >= 0.6 is 0 Å². The molecule has 0 spiro atoms. The van der Waals surface area contributed by atoms with Crippen molar-refractivity contribution in [3.63, 3.8) is 0 Å². The number of rotatable bonds is 5. The van der Waals surface area contributed by atoms with Crippen molar-refractivity contribution < 1.29 is 4.79 Å². The van der Waals surface area contributed by atoms with Crippen LogP contribution in [-0.2, 0) is 0 Å². The van der Waals surface area contributed by atoms with E-state index in [1.807, 2.05) is 13.0 Å². The molecule has 0 saturated heterocycles. The number of benzene rings is 1. The summed E-state index contributed by atoms with van der Waals surface area (Å²) in [4.78, 5) is 13.6. The highest BCUT2D eigenvalue weighted by Gasteiger charge is 2.19. The number of anilines is 1. The smallest absolute Gasteiger partial charge is 0.152 e. The van der Waals surface area contributed by atoms with E-state index in [-0.39, 0.29) is 0 Å². The molecule has 98 valence electrons. The molecule has 0 unspecified atom stereocenters. The molecule has 1 aromatic carbocycles. The van der Waals surface area contributed by atoms with Gasteiger partial charge in [-0.15, -0.1) is 0 Å². The van der Waals surface area contributed by atoms with E-state index < -0.39 is 0 Å². The topological polar surface area (TPSA) is 20.3 Å². The molecule has 1 saturated carbocycles. The lowest BCUT2D eigenvalue weighted by molar-refractivity contribution is 0.112. The third kappa shape index (κ3) is 2.92. The third-order valence-corrected chi connectivity index (χ3v) is 3.99. The van der Waals surface area contributed by atoms with E-state index in [0.29, 0.717) is 0 Å². The number of aldehydes is 1. The fourth-order valence-corrected chi connectivity index (χ4v) is 2.96. The highest BCUT2D eigenvalue weighted by Crippen LogP contribution is 2.28. The molecule has 1 fully saturated rings.